The van der Waals surface area contributed by atoms with Crippen LogP contribution in [-0.2, 0) is 0 Å². The minimum Gasteiger partial charge on any atom is -0.508 e. The summed E-state index contributed by atoms with van der Waals surface area (Å²) in [6.45, 7) is 3.53. The summed E-state index contributed by atoms with van der Waals surface area (Å²) in [4.78, 5) is 0. The molecule has 0 saturated carbocycles. The molecular formula is C14H12F2O. The Bertz CT molecular complexity index is 556. The van der Waals surface area contributed by atoms with Crippen molar-refractivity contribution in [3.63, 3.8) is 0 Å². The molecule has 0 radical (unpaired) electrons. The molecule has 0 unspecified atom stereocenters. The number of rotatable bonds is 1. The predicted molar refractivity (Wildman–Crippen MR) is 62.9 cm³/mol. The molecular weight excluding hydrogens is 222 g/mol. The van der Waals surface area contributed by atoms with E-state index in [1.165, 1.54) is 12.1 Å². The zero-order valence-electron chi connectivity index (χ0n) is 9.59. The average molecular weight is 234 g/mol. The van der Waals surface area contributed by atoms with E-state index in [-0.39, 0.29) is 5.75 Å². The van der Waals surface area contributed by atoms with Crippen LogP contribution >= 0.6 is 0 Å². The third-order valence-corrected chi connectivity index (χ3v) is 2.72. The molecule has 2 aromatic rings. The van der Waals surface area contributed by atoms with E-state index in [9.17, 15) is 13.9 Å². The summed E-state index contributed by atoms with van der Waals surface area (Å²) < 4.78 is 26.3. The van der Waals surface area contributed by atoms with Crippen molar-refractivity contribution in [3.8, 4) is 16.9 Å². The molecule has 0 atom stereocenters. The van der Waals surface area contributed by atoms with Crippen LogP contribution in [0.25, 0.3) is 11.1 Å². The molecule has 0 aliphatic heterocycles. The summed E-state index contributed by atoms with van der Waals surface area (Å²) in [5, 5.41) is 9.53. The lowest BCUT2D eigenvalue weighted by Crippen LogP contribution is -1.89. The molecule has 0 saturated heterocycles. The van der Waals surface area contributed by atoms with Gasteiger partial charge in [-0.25, -0.2) is 8.78 Å². The fourth-order valence-corrected chi connectivity index (χ4v) is 1.82. The summed E-state index contributed by atoms with van der Waals surface area (Å²) in [5.74, 6) is -1.03. The van der Waals surface area contributed by atoms with Gasteiger partial charge in [0.2, 0.25) is 0 Å². The van der Waals surface area contributed by atoms with Crippen molar-refractivity contribution in [2.24, 2.45) is 0 Å². The SMILES string of the molecule is Cc1cc(-c2cc(F)cc(F)c2)c(C)cc1O. The highest BCUT2D eigenvalue weighted by Gasteiger charge is 2.08. The molecule has 0 aliphatic carbocycles. The normalized spacial score (nSPS) is 10.6. The number of benzene rings is 2. The van der Waals surface area contributed by atoms with Gasteiger partial charge in [0.15, 0.2) is 0 Å². The molecule has 0 fully saturated rings. The Hall–Kier alpha value is -1.90. The van der Waals surface area contributed by atoms with Crippen molar-refractivity contribution < 1.29 is 13.9 Å². The maximum absolute atomic E-state index is 13.1. The van der Waals surface area contributed by atoms with Gasteiger partial charge >= 0.3 is 0 Å². The highest BCUT2D eigenvalue weighted by atomic mass is 19.1. The molecule has 3 heteroatoms. The first kappa shape index (κ1) is 11.6. The van der Waals surface area contributed by atoms with Crippen molar-refractivity contribution in [1.29, 1.82) is 0 Å². The minimum atomic E-state index is -0.606. The third-order valence-electron chi connectivity index (χ3n) is 2.72. The van der Waals surface area contributed by atoms with Gasteiger partial charge in [-0.3, -0.25) is 0 Å². The highest BCUT2D eigenvalue weighted by molar-refractivity contribution is 5.69. The first-order valence-corrected chi connectivity index (χ1v) is 5.24. The van der Waals surface area contributed by atoms with Gasteiger partial charge in [0, 0.05) is 6.07 Å². The molecule has 1 nitrogen and oxygen atoms in total. The van der Waals surface area contributed by atoms with E-state index in [4.69, 9.17) is 0 Å². The van der Waals surface area contributed by atoms with Crippen LogP contribution in [0.1, 0.15) is 11.1 Å². The second-order valence-electron chi connectivity index (χ2n) is 4.11. The minimum absolute atomic E-state index is 0.183. The Balaban J connectivity index is 2.64. The van der Waals surface area contributed by atoms with Crippen LogP contribution in [0.4, 0.5) is 8.78 Å². The van der Waals surface area contributed by atoms with Crippen molar-refractivity contribution in [1.82, 2.24) is 0 Å². The second-order valence-corrected chi connectivity index (χ2v) is 4.11. The van der Waals surface area contributed by atoms with Gasteiger partial charge in [-0.2, -0.15) is 0 Å². The van der Waals surface area contributed by atoms with E-state index >= 15 is 0 Å². The fourth-order valence-electron chi connectivity index (χ4n) is 1.82. The van der Waals surface area contributed by atoms with Crippen molar-refractivity contribution in [3.05, 3.63) is 53.1 Å². The number of hydrogen-bond donors (Lipinski definition) is 1. The van der Waals surface area contributed by atoms with E-state index in [0.29, 0.717) is 11.1 Å². The number of aryl methyl sites for hydroxylation is 2. The molecule has 0 spiro atoms. The molecule has 17 heavy (non-hydrogen) atoms. The number of halogens is 2. The largest absolute Gasteiger partial charge is 0.508 e. The molecule has 0 heterocycles. The maximum Gasteiger partial charge on any atom is 0.126 e. The third kappa shape index (κ3) is 2.28. The summed E-state index contributed by atoms with van der Waals surface area (Å²) in [5.41, 5.74) is 2.65. The predicted octanol–water partition coefficient (Wildman–Crippen LogP) is 3.95. The lowest BCUT2D eigenvalue weighted by atomic mass is 9.97. The maximum atomic E-state index is 13.1. The smallest absolute Gasteiger partial charge is 0.126 e. The first-order valence-electron chi connectivity index (χ1n) is 5.24. The molecule has 1 N–H and O–H groups in total. The fraction of sp³-hybridized carbons (Fsp3) is 0.143. The number of hydrogen-bond acceptors (Lipinski definition) is 1. The molecule has 88 valence electrons. The Labute approximate surface area is 98.3 Å². The van der Waals surface area contributed by atoms with Gasteiger partial charge in [0.25, 0.3) is 0 Å². The molecule has 0 aliphatic rings. The topological polar surface area (TPSA) is 20.2 Å². The van der Waals surface area contributed by atoms with Gasteiger partial charge in [-0.15, -0.1) is 0 Å². The zero-order chi connectivity index (χ0) is 12.6. The number of phenols is 1. The molecule has 2 aromatic carbocycles. The van der Waals surface area contributed by atoms with Crippen LogP contribution in [0.15, 0.2) is 30.3 Å². The summed E-state index contributed by atoms with van der Waals surface area (Å²) in [6.07, 6.45) is 0. The van der Waals surface area contributed by atoms with Crippen LogP contribution < -0.4 is 0 Å². The summed E-state index contributed by atoms with van der Waals surface area (Å²) >= 11 is 0. The van der Waals surface area contributed by atoms with Gasteiger partial charge in [0.1, 0.15) is 17.4 Å². The van der Waals surface area contributed by atoms with Gasteiger partial charge in [-0.05, 0) is 60.4 Å². The molecule has 2 rings (SSSR count). The van der Waals surface area contributed by atoms with Crippen LogP contribution in [-0.4, -0.2) is 5.11 Å². The summed E-state index contributed by atoms with van der Waals surface area (Å²) in [6, 6.07) is 6.71. The molecule has 0 aromatic heterocycles. The Morgan fingerprint density at radius 1 is 0.824 bits per heavy atom. The monoisotopic (exact) mass is 234 g/mol. The van der Waals surface area contributed by atoms with Gasteiger partial charge < -0.3 is 5.11 Å². The van der Waals surface area contributed by atoms with E-state index < -0.39 is 11.6 Å². The number of aromatic hydroxyl groups is 1. The van der Waals surface area contributed by atoms with Crippen molar-refractivity contribution in [2.45, 2.75) is 13.8 Å². The molecule has 0 bridgehead atoms. The standard InChI is InChI=1S/C14H12F2O/c1-8-4-14(17)9(2)3-13(8)10-5-11(15)7-12(16)6-10/h3-7,17H,1-2H3. The lowest BCUT2D eigenvalue weighted by Gasteiger charge is -2.09. The van der Waals surface area contributed by atoms with Crippen LogP contribution in [0, 0.1) is 25.5 Å². The summed E-state index contributed by atoms with van der Waals surface area (Å²) in [7, 11) is 0. The zero-order valence-corrected chi connectivity index (χ0v) is 9.59. The lowest BCUT2D eigenvalue weighted by molar-refractivity contribution is 0.471. The van der Waals surface area contributed by atoms with E-state index in [2.05, 4.69) is 0 Å². The van der Waals surface area contributed by atoms with Crippen molar-refractivity contribution >= 4 is 0 Å². The second kappa shape index (κ2) is 4.17. The van der Waals surface area contributed by atoms with Crippen LogP contribution in [0.5, 0.6) is 5.75 Å². The quantitative estimate of drug-likeness (QED) is 0.792. The Kier molecular flexibility index (Phi) is 2.84. The average Bonchev–Trinajstić information content (AvgIpc) is 2.22. The van der Waals surface area contributed by atoms with Gasteiger partial charge in [-0.1, -0.05) is 0 Å². The van der Waals surface area contributed by atoms with Gasteiger partial charge in [0.05, 0.1) is 0 Å². The number of phenolic OH excluding ortho intramolecular Hbond substituents is 1. The van der Waals surface area contributed by atoms with Crippen molar-refractivity contribution in [2.75, 3.05) is 0 Å². The van der Waals surface area contributed by atoms with E-state index in [1.54, 1.807) is 26.0 Å². The van der Waals surface area contributed by atoms with Crippen LogP contribution in [0.2, 0.25) is 0 Å². The molecule has 0 amide bonds. The highest BCUT2D eigenvalue weighted by Crippen LogP contribution is 2.30. The first-order chi connectivity index (χ1) is 7.97. The Morgan fingerprint density at radius 2 is 1.41 bits per heavy atom. The Morgan fingerprint density at radius 3 is 2.00 bits per heavy atom. The van der Waals surface area contributed by atoms with E-state index in [1.807, 2.05) is 0 Å². The van der Waals surface area contributed by atoms with Crippen LogP contribution in [0.3, 0.4) is 0 Å². The van der Waals surface area contributed by atoms with E-state index in [0.717, 1.165) is 17.2 Å².